The first-order valence-corrected chi connectivity index (χ1v) is 12.4. The average Bonchev–Trinajstić information content (AvgIpc) is 3.14. The van der Waals surface area contributed by atoms with Crippen LogP contribution >= 0.6 is 11.6 Å². The Bertz CT molecular complexity index is 1180. The molecular weight excluding hydrogens is 450 g/mol. The Morgan fingerprint density at radius 1 is 1.09 bits per heavy atom. The van der Waals surface area contributed by atoms with Gasteiger partial charge in [-0.2, -0.15) is 4.68 Å². The molecule has 2 heterocycles. The number of nitrogens with one attached hydrogen (secondary N) is 1. The average molecular weight is 482 g/mol. The molecule has 1 aliphatic rings. The van der Waals surface area contributed by atoms with Gasteiger partial charge in [-0.3, -0.25) is 9.36 Å². The molecule has 34 heavy (non-hydrogen) atoms. The van der Waals surface area contributed by atoms with Crippen LogP contribution in [0.3, 0.4) is 0 Å². The van der Waals surface area contributed by atoms with E-state index >= 15 is 0 Å². The summed E-state index contributed by atoms with van der Waals surface area (Å²) in [4.78, 5) is 28.3. The van der Waals surface area contributed by atoms with Crippen molar-refractivity contribution in [1.29, 1.82) is 0 Å². The van der Waals surface area contributed by atoms with Crippen LogP contribution in [0.4, 0.5) is 0 Å². The minimum absolute atomic E-state index is 0.0228. The zero-order valence-corrected chi connectivity index (χ0v) is 20.6. The first-order valence-electron chi connectivity index (χ1n) is 12.0. The van der Waals surface area contributed by atoms with Gasteiger partial charge in [0.25, 0.3) is 0 Å². The molecule has 0 radical (unpaired) electrons. The third kappa shape index (κ3) is 5.96. The van der Waals surface area contributed by atoms with Gasteiger partial charge in [0, 0.05) is 23.2 Å². The smallest absolute Gasteiger partial charge is 0.351 e. The highest BCUT2D eigenvalue weighted by Crippen LogP contribution is 2.21. The van der Waals surface area contributed by atoms with Crippen LogP contribution in [-0.2, 0) is 17.8 Å². The number of carbonyl (C=O) groups is 1. The summed E-state index contributed by atoms with van der Waals surface area (Å²) < 4.78 is 2.75. The quantitative estimate of drug-likeness (QED) is 0.529. The zero-order valence-electron chi connectivity index (χ0n) is 19.8. The van der Waals surface area contributed by atoms with Gasteiger partial charge >= 0.3 is 5.69 Å². The van der Waals surface area contributed by atoms with Crippen molar-refractivity contribution in [3.63, 3.8) is 0 Å². The summed E-state index contributed by atoms with van der Waals surface area (Å²) in [5, 5.41) is 7.97. The maximum atomic E-state index is 13.3. The second-order valence-electron chi connectivity index (χ2n) is 9.16. The van der Waals surface area contributed by atoms with Crippen molar-refractivity contribution in [2.75, 3.05) is 19.6 Å². The lowest BCUT2D eigenvalue weighted by atomic mass is 10.1. The van der Waals surface area contributed by atoms with E-state index in [0.717, 1.165) is 13.0 Å². The summed E-state index contributed by atoms with van der Waals surface area (Å²) in [6.07, 6.45) is 4.89. The van der Waals surface area contributed by atoms with Crippen molar-refractivity contribution in [2.24, 2.45) is 0 Å². The van der Waals surface area contributed by atoms with E-state index in [9.17, 15) is 9.59 Å². The Kier molecular flexibility index (Phi) is 7.85. The highest BCUT2D eigenvalue weighted by Gasteiger charge is 2.19. The molecule has 0 bridgehead atoms. The summed E-state index contributed by atoms with van der Waals surface area (Å²) in [5.74, 6) is 0.161. The molecule has 4 rings (SSSR count). The number of nitrogens with zero attached hydrogens (tertiary/aromatic N) is 4. The first kappa shape index (κ1) is 24.2. The lowest BCUT2D eigenvalue weighted by molar-refractivity contribution is -0.122. The molecule has 180 valence electrons. The molecule has 1 aromatic heterocycles. The maximum absolute atomic E-state index is 13.3. The fraction of sp³-hybridized carbons (Fsp3) is 0.423. The topological polar surface area (TPSA) is 72.2 Å². The van der Waals surface area contributed by atoms with E-state index < -0.39 is 0 Å². The largest absolute Gasteiger partial charge is 0.352 e. The van der Waals surface area contributed by atoms with E-state index in [2.05, 4.69) is 27.4 Å². The number of amides is 1. The SMILES string of the molecule is CC(C)NC(=O)Cn1c(-c2cccc(Cl)c2)nn(-c2ccc(CCN3CCCCC3)cc2)c1=O. The van der Waals surface area contributed by atoms with E-state index in [1.165, 1.54) is 47.2 Å². The number of halogens is 1. The standard InChI is InChI=1S/C26H32ClN5O2/c1-19(2)28-24(33)18-31-25(21-7-6-8-22(27)17-21)29-32(26(31)34)23-11-9-20(10-12-23)13-16-30-14-4-3-5-15-30/h6-12,17,19H,3-5,13-16,18H2,1-2H3,(H,28,33). The van der Waals surface area contributed by atoms with Gasteiger partial charge in [0.2, 0.25) is 5.91 Å². The Morgan fingerprint density at radius 2 is 1.82 bits per heavy atom. The van der Waals surface area contributed by atoms with Crippen LogP contribution in [0.2, 0.25) is 5.02 Å². The van der Waals surface area contributed by atoms with Crippen LogP contribution in [0.5, 0.6) is 0 Å². The van der Waals surface area contributed by atoms with Crippen molar-refractivity contribution < 1.29 is 4.79 Å². The van der Waals surface area contributed by atoms with Crippen molar-refractivity contribution in [2.45, 2.75) is 52.1 Å². The molecule has 0 aliphatic carbocycles. The van der Waals surface area contributed by atoms with Gasteiger partial charge in [0.15, 0.2) is 5.82 Å². The Morgan fingerprint density at radius 3 is 2.50 bits per heavy atom. The molecule has 0 saturated carbocycles. The molecular formula is C26H32ClN5O2. The Balaban J connectivity index is 1.60. The van der Waals surface area contributed by atoms with Crippen LogP contribution in [0.15, 0.2) is 53.3 Å². The van der Waals surface area contributed by atoms with Crippen molar-refractivity contribution >= 4 is 17.5 Å². The van der Waals surface area contributed by atoms with E-state index in [0.29, 0.717) is 22.1 Å². The lowest BCUT2D eigenvalue weighted by Gasteiger charge is -2.26. The third-order valence-electron chi connectivity index (χ3n) is 6.04. The third-order valence-corrected chi connectivity index (χ3v) is 6.28. The van der Waals surface area contributed by atoms with E-state index in [1.807, 2.05) is 32.0 Å². The monoisotopic (exact) mass is 481 g/mol. The van der Waals surface area contributed by atoms with Gasteiger partial charge in [-0.15, -0.1) is 5.10 Å². The van der Waals surface area contributed by atoms with Gasteiger partial charge in [-0.1, -0.05) is 42.3 Å². The van der Waals surface area contributed by atoms with E-state index in [-0.39, 0.29) is 24.2 Å². The fourth-order valence-electron chi connectivity index (χ4n) is 4.33. The summed E-state index contributed by atoms with van der Waals surface area (Å²) in [6.45, 7) is 7.07. The highest BCUT2D eigenvalue weighted by atomic mass is 35.5. The predicted molar refractivity (Wildman–Crippen MR) is 136 cm³/mol. The molecule has 3 aromatic rings. The van der Waals surface area contributed by atoms with Crippen LogP contribution in [-0.4, -0.2) is 50.8 Å². The van der Waals surface area contributed by atoms with Gasteiger partial charge in [-0.05, 0) is 76.0 Å². The number of rotatable bonds is 8. The second kappa shape index (κ2) is 11.0. The fourth-order valence-corrected chi connectivity index (χ4v) is 4.52. The number of piperidine rings is 1. The minimum Gasteiger partial charge on any atom is -0.352 e. The van der Waals surface area contributed by atoms with Gasteiger partial charge in [0.05, 0.1) is 5.69 Å². The number of likely N-dealkylation sites (tertiary alicyclic amines) is 1. The number of benzene rings is 2. The molecule has 0 atom stereocenters. The summed E-state index contributed by atoms with van der Waals surface area (Å²) >= 11 is 6.18. The number of hydrogen-bond donors (Lipinski definition) is 1. The van der Waals surface area contributed by atoms with Crippen LogP contribution < -0.4 is 11.0 Å². The molecule has 1 aliphatic heterocycles. The molecule has 7 nitrogen and oxygen atoms in total. The Labute approximate surface area is 205 Å². The van der Waals surface area contributed by atoms with Gasteiger partial charge < -0.3 is 10.2 Å². The van der Waals surface area contributed by atoms with Gasteiger partial charge in [-0.25, -0.2) is 4.79 Å². The van der Waals surface area contributed by atoms with Crippen molar-refractivity contribution in [1.82, 2.24) is 24.6 Å². The zero-order chi connectivity index (χ0) is 24.1. The highest BCUT2D eigenvalue weighted by molar-refractivity contribution is 6.30. The summed E-state index contributed by atoms with van der Waals surface area (Å²) in [5.41, 5.74) is 2.21. The maximum Gasteiger partial charge on any atom is 0.351 e. The molecule has 1 fully saturated rings. The Hall–Kier alpha value is -2.90. The van der Waals surface area contributed by atoms with E-state index in [1.54, 1.807) is 18.2 Å². The molecule has 1 saturated heterocycles. The van der Waals surface area contributed by atoms with Crippen LogP contribution in [0, 0.1) is 0 Å². The van der Waals surface area contributed by atoms with Crippen LogP contribution in [0.25, 0.3) is 17.1 Å². The summed E-state index contributed by atoms with van der Waals surface area (Å²) in [7, 11) is 0. The number of hydrogen-bond acceptors (Lipinski definition) is 4. The predicted octanol–water partition coefficient (Wildman–Crippen LogP) is 3.91. The lowest BCUT2D eigenvalue weighted by Crippen LogP contribution is -2.36. The molecule has 0 spiro atoms. The first-order chi connectivity index (χ1) is 16.4. The normalized spacial score (nSPS) is 14.5. The molecule has 0 unspecified atom stereocenters. The van der Waals surface area contributed by atoms with Crippen molar-refractivity contribution in [3.05, 3.63) is 69.6 Å². The molecule has 2 aromatic carbocycles. The minimum atomic E-state index is -0.366. The van der Waals surface area contributed by atoms with Gasteiger partial charge in [0.1, 0.15) is 6.54 Å². The molecule has 8 heteroatoms. The summed E-state index contributed by atoms with van der Waals surface area (Å²) in [6, 6.07) is 15.1. The van der Waals surface area contributed by atoms with Crippen LogP contribution in [0.1, 0.15) is 38.7 Å². The molecule has 1 N–H and O–H groups in total. The number of carbonyl (C=O) groups excluding carboxylic acids is 1. The second-order valence-corrected chi connectivity index (χ2v) is 9.59. The molecule has 1 amide bonds. The van der Waals surface area contributed by atoms with Crippen molar-refractivity contribution in [3.8, 4) is 17.1 Å². The van der Waals surface area contributed by atoms with E-state index in [4.69, 9.17) is 11.6 Å². The number of aromatic nitrogens is 3.